The van der Waals surface area contributed by atoms with Crippen molar-refractivity contribution < 1.29 is 4.74 Å². The average Bonchev–Trinajstić information content (AvgIpc) is 2.75. The highest BCUT2D eigenvalue weighted by Crippen LogP contribution is 2.29. The largest absolute Gasteiger partial charge is 0.495 e. The molecule has 6 heteroatoms. The Morgan fingerprint density at radius 2 is 1.75 bits per heavy atom. The van der Waals surface area contributed by atoms with E-state index in [1.165, 1.54) is 19.3 Å². The molecule has 2 aromatic heterocycles. The second-order valence-electron chi connectivity index (χ2n) is 7.00. The van der Waals surface area contributed by atoms with Crippen molar-refractivity contribution in [2.45, 2.75) is 38.1 Å². The van der Waals surface area contributed by atoms with Crippen LogP contribution < -0.4 is 15.4 Å². The van der Waals surface area contributed by atoms with Gasteiger partial charge in [-0.2, -0.15) is 4.98 Å². The highest BCUT2D eigenvalue weighted by Gasteiger charge is 2.16. The Morgan fingerprint density at radius 3 is 2.54 bits per heavy atom. The van der Waals surface area contributed by atoms with E-state index >= 15 is 0 Å². The predicted molar refractivity (Wildman–Crippen MR) is 112 cm³/mol. The van der Waals surface area contributed by atoms with Crippen LogP contribution in [-0.2, 0) is 0 Å². The minimum Gasteiger partial charge on any atom is -0.495 e. The normalized spacial score (nSPS) is 14.5. The first-order valence-electron chi connectivity index (χ1n) is 9.78. The molecule has 6 nitrogen and oxygen atoms in total. The molecule has 1 aliphatic carbocycles. The Labute approximate surface area is 165 Å². The average molecular weight is 375 g/mol. The second-order valence-corrected chi connectivity index (χ2v) is 7.00. The van der Waals surface area contributed by atoms with E-state index in [2.05, 4.69) is 15.6 Å². The maximum absolute atomic E-state index is 5.45. The number of pyridine rings is 1. The third-order valence-corrected chi connectivity index (χ3v) is 5.01. The standard InChI is InChI=1S/C22H25N5O/c1-28-20-10-6-5-9-18(20)25-21-15-19(16-11-13-23-14-12-16)26-22(27-21)24-17-7-3-2-4-8-17/h5-6,9-15,17H,2-4,7-8H2,1H3,(H2,24,25,26,27). The van der Waals surface area contributed by atoms with E-state index in [0.29, 0.717) is 12.0 Å². The van der Waals surface area contributed by atoms with Crippen molar-refractivity contribution in [1.29, 1.82) is 0 Å². The molecule has 0 spiro atoms. The van der Waals surface area contributed by atoms with E-state index in [0.717, 1.165) is 41.4 Å². The van der Waals surface area contributed by atoms with Gasteiger partial charge in [-0.3, -0.25) is 4.98 Å². The zero-order valence-corrected chi connectivity index (χ0v) is 16.1. The fourth-order valence-corrected chi connectivity index (χ4v) is 3.56. The second kappa shape index (κ2) is 8.69. The zero-order valence-electron chi connectivity index (χ0n) is 16.1. The first-order chi connectivity index (χ1) is 13.8. The van der Waals surface area contributed by atoms with E-state index in [-0.39, 0.29) is 0 Å². The zero-order chi connectivity index (χ0) is 19.2. The molecule has 0 unspecified atom stereocenters. The molecule has 1 fully saturated rings. The van der Waals surface area contributed by atoms with Gasteiger partial charge < -0.3 is 15.4 Å². The van der Waals surface area contributed by atoms with Crippen molar-refractivity contribution in [2.75, 3.05) is 17.7 Å². The Morgan fingerprint density at radius 1 is 0.964 bits per heavy atom. The lowest BCUT2D eigenvalue weighted by Gasteiger charge is -2.23. The van der Waals surface area contributed by atoms with Crippen LogP contribution in [0.5, 0.6) is 5.75 Å². The van der Waals surface area contributed by atoms with Gasteiger partial charge in [-0.25, -0.2) is 4.98 Å². The molecule has 0 amide bonds. The van der Waals surface area contributed by atoms with Crippen molar-refractivity contribution >= 4 is 17.5 Å². The van der Waals surface area contributed by atoms with Crippen molar-refractivity contribution in [3.05, 3.63) is 54.9 Å². The lowest BCUT2D eigenvalue weighted by molar-refractivity contribution is 0.417. The highest BCUT2D eigenvalue weighted by atomic mass is 16.5. The molecule has 2 N–H and O–H groups in total. The van der Waals surface area contributed by atoms with Gasteiger partial charge in [0.15, 0.2) is 0 Å². The van der Waals surface area contributed by atoms with Crippen LogP contribution >= 0.6 is 0 Å². The minimum absolute atomic E-state index is 0.431. The summed E-state index contributed by atoms with van der Waals surface area (Å²) in [4.78, 5) is 13.6. The molecule has 28 heavy (non-hydrogen) atoms. The maximum Gasteiger partial charge on any atom is 0.225 e. The molecule has 0 saturated heterocycles. The number of benzene rings is 1. The number of nitrogens with zero attached hydrogens (tertiary/aromatic N) is 3. The van der Waals surface area contributed by atoms with Gasteiger partial charge in [-0.05, 0) is 37.1 Å². The fourth-order valence-electron chi connectivity index (χ4n) is 3.56. The van der Waals surface area contributed by atoms with Crippen LogP contribution in [0.1, 0.15) is 32.1 Å². The number of aromatic nitrogens is 3. The number of nitrogens with one attached hydrogen (secondary N) is 2. The molecule has 144 valence electrons. The monoisotopic (exact) mass is 375 g/mol. The van der Waals surface area contributed by atoms with E-state index < -0.39 is 0 Å². The summed E-state index contributed by atoms with van der Waals surface area (Å²) in [6.45, 7) is 0. The van der Waals surface area contributed by atoms with Crippen molar-refractivity contribution in [3.8, 4) is 17.0 Å². The van der Waals surface area contributed by atoms with Gasteiger partial charge in [0, 0.05) is 30.1 Å². The molecule has 1 saturated carbocycles. The summed E-state index contributed by atoms with van der Waals surface area (Å²) in [7, 11) is 1.67. The molecule has 0 radical (unpaired) electrons. The van der Waals surface area contributed by atoms with E-state index in [1.807, 2.05) is 42.5 Å². The number of para-hydroxylation sites is 2. The molecule has 2 heterocycles. The molecule has 1 aliphatic rings. The van der Waals surface area contributed by atoms with Gasteiger partial charge in [-0.15, -0.1) is 0 Å². The lowest BCUT2D eigenvalue weighted by atomic mass is 9.96. The summed E-state index contributed by atoms with van der Waals surface area (Å²) >= 11 is 0. The number of hydrogen-bond donors (Lipinski definition) is 2. The van der Waals surface area contributed by atoms with Gasteiger partial charge in [0.25, 0.3) is 0 Å². The summed E-state index contributed by atoms with van der Waals surface area (Å²) < 4.78 is 5.45. The summed E-state index contributed by atoms with van der Waals surface area (Å²) in [6, 6.07) is 14.1. The third kappa shape index (κ3) is 4.39. The Kier molecular flexibility index (Phi) is 5.66. The predicted octanol–water partition coefficient (Wildman–Crippen LogP) is 5.04. The van der Waals surface area contributed by atoms with Gasteiger partial charge in [-0.1, -0.05) is 31.4 Å². The van der Waals surface area contributed by atoms with Crippen LogP contribution in [-0.4, -0.2) is 28.1 Å². The summed E-state index contributed by atoms with van der Waals surface area (Å²) in [5.41, 5.74) is 2.73. The van der Waals surface area contributed by atoms with Gasteiger partial charge in [0.05, 0.1) is 18.5 Å². The fraction of sp³-hybridized carbons (Fsp3) is 0.318. The molecule has 4 rings (SSSR count). The minimum atomic E-state index is 0.431. The summed E-state index contributed by atoms with van der Waals surface area (Å²) in [5, 5.41) is 6.92. The van der Waals surface area contributed by atoms with Crippen LogP contribution in [0.2, 0.25) is 0 Å². The number of hydrogen-bond acceptors (Lipinski definition) is 6. The van der Waals surface area contributed by atoms with Crippen LogP contribution in [0.25, 0.3) is 11.3 Å². The van der Waals surface area contributed by atoms with E-state index in [9.17, 15) is 0 Å². The Bertz CT molecular complexity index is 910. The molecule has 1 aromatic carbocycles. The number of rotatable bonds is 6. The van der Waals surface area contributed by atoms with Crippen LogP contribution in [0, 0.1) is 0 Å². The number of anilines is 3. The summed E-state index contributed by atoms with van der Waals surface area (Å²) in [6.07, 6.45) is 9.72. The van der Waals surface area contributed by atoms with Crippen LogP contribution in [0.4, 0.5) is 17.5 Å². The molecular formula is C22H25N5O. The summed E-state index contributed by atoms with van der Waals surface area (Å²) in [5.74, 6) is 2.15. The lowest BCUT2D eigenvalue weighted by Crippen LogP contribution is -2.23. The van der Waals surface area contributed by atoms with Crippen molar-refractivity contribution in [3.63, 3.8) is 0 Å². The van der Waals surface area contributed by atoms with Gasteiger partial charge in [0.1, 0.15) is 11.6 Å². The third-order valence-electron chi connectivity index (χ3n) is 5.01. The molecular weight excluding hydrogens is 350 g/mol. The van der Waals surface area contributed by atoms with E-state index in [1.54, 1.807) is 19.5 Å². The molecule has 0 atom stereocenters. The van der Waals surface area contributed by atoms with Crippen molar-refractivity contribution in [2.24, 2.45) is 0 Å². The van der Waals surface area contributed by atoms with Gasteiger partial charge >= 0.3 is 0 Å². The topological polar surface area (TPSA) is 72.0 Å². The molecule has 3 aromatic rings. The van der Waals surface area contributed by atoms with E-state index in [4.69, 9.17) is 14.7 Å². The first-order valence-corrected chi connectivity index (χ1v) is 9.78. The molecule has 0 bridgehead atoms. The number of methoxy groups -OCH3 is 1. The Balaban J connectivity index is 1.67. The van der Waals surface area contributed by atoms with Crippen molar-refractivity contribution in [1.82, 2.24) is 15.0 Å². The highest BCUT2D eigenvalue weighted by molar-refractivity contribution is 5.69. The first kappa shape index (κ1) is 18.2. The maximum atomic E-state index is 5.45. The Hall–Kier alpha value is -3.15. The number of ether oxygens (including phenoxy) is 1. The molecule has 0 aliphatic heterocycles. The quantitative estimate of drug-likeness (QED) is 0.629. The smallest absolute Gasteiger partial charge is 0.225 e. The van der Waals surface area contributed by atoms with Crippen LogP contribution in [0.15, 0.2) is 54.9 Å². The SMILES string of the molecule is COc1ccccc1Nc1cc(-c2ccncc2)nc(NC2CCCCC2)n1. The van der Waals surface area contributed by atoms with Gasteiger partial charge in [0.2, 0.25) is 5.95 Å². The van der Waals surface area contributed by atoms with Crippen LogP contribution in [0.3, 0.4) is 0 Å².